The van der Waals surface area contributed by atoms with Crippen molar-refractivity contribution in [2.45, 2.75) is 57.4 Å². The first-order valence-corrected chi connectivity index (χ1v) is 7.84. The van der Waals surface area contributed by atoms with E-state index in [1.165, 1.54) is 0 Å². The summed E-state index contributed by atoms with van der Waals surface area (Å²) in [7, 11) is -3.47. The SMILES string of the molecule is CCC1(COS(C)(=O)=O)C[C@@H]2OC(C)(C)O[C@H]2O1. The molecule has 0 aliphatic carbocycles. The van der Waals surface area contributed by atoms with E-state index >= 15 is 0 Å². The summed E-state index contributed by atoms with van der Waals surface area (Å²) in [5.41, 5.74) is -0.644. The molecule has 2 aliphatic heterocycles. The topological polar surface area (TPSA) is 71.1 Å². The fraction of sp³-hybridized carbons (Fsp3) is 1.00. The summed E-state index contributed by atoms with van der Waals surface area (Å²) in [5, 5.41) is 0. The van der Waals surface area contributed by atoms with Gasteiger partial charge in [0.25, 0.3) is 10.1 Å². The predicted octanol–water partition coefficient (Wildman–Crippen LogP) is 1.01. The minimum absolute atomic E-state index is 0.00246. The molecule has 18 heavy (non-hydrogen) atoms. The molecule has 3 atom stereocenters. The van der Waals surface area contributed by atoms with Crippen LogP contribution in [0.5, 0.6) is 0 Å². The van der Waals surface area contributed by atoms with Crippen LogP contribution in [0.25, 0.3) is 0 Å². The summed E-state index contributed by atoms with van der Waals surface area (Å²) in [4.78, 5) is 0. The maximum Gasteiger partial charge on any atom is 0.264 e. The maximum atomic E-state index is 11.1. The molecule has 0 aromatic rings. The van der Waals surface area contributed by atoms with Gasteiger partial charge in [-0.05, 0) is 20.3 Å². The van der Waals surface area contributed by atoms with Gasteiger partial charge in [0.1, 0.15) is 6.10 Å². The predicted molar refractivity (Wildman–Crippen MR) is 63.3 cm³/mol. The first-order chi connectivity index (χ1) is 8.15. The molecule has 106 valence electrons. The highest BCUT2D eigenvalue weighted by molar-refractivity contribution is 7.85. The first kappa shape index (κ1) is 14.2. The molecule has 2 aliphatic rings. The number of fused-ring (bicyclic) bond motifs is 1. The lowest BCUT2D eigenvalue weighted by atomic mass is 9.97. The van der Waals surface area contributed by atoms with Crippen LogP contribution in [0.1, 0.15) is 33.6 Å². The van der Waals surface area contributed by atoms with Crippen molar-refractivity contribution in [3.05, 3.63) is 0 Å². The van der Waals surface area contributed by atoms with E-state index in [0.29, 0.717) is 12.8 Å². The van der Waals surface area contributed by atoms with Gasteiger partial charge in [-0.15, -0.1) is 0 Å². The standard InChI is InChI=1S/C11H20O6S/c1-5-11(7-14-18(4,12)13)6-8-9(17-11)16-10(2,3)15-8/h8-9H,5-7H2,1-4H3/t8-,9-,11?/m0/s1. The van der Waals surface area contributed by atoms with Crippen LogP contribution in [0, 0.1) is 0 Å². The molecule has 2 rings (SSSR count). The van der Waals surface area contributed by atoms with Crippen LogP contribution in [0.15, 0.2) is 0 Å². The molecule has 2 saturated heterocycles. The van der Waals surface area contributed by atoms with Crippen LogP contribution in [0.2, 0.25) is 0 Å². The zero-order valence-corrected chi connectivity index (χ0v) is 12.0. The van der Waals surface area contributed by atoms with Crippen LogP contribution in [-0.4, -0.2) is 45.1 Å². The minimum atomic E-state index is -3.47. The van der Waals surface area contributed by atoms with Crippen molar-refractivity contribution >= 4 is 10.1 Å². The van der Waals surface area contributed by atoms with Crippen LogP contribution >= 0.6 is 0 Å². The van der Waals surface area contributed by atoms with Crippen LogP contribution < -0.4 is 0 Å². The minimum Gasteiger partial charge on any atom is -0.342 e. The third-order valence-corrected chi connectivity index (χ3v) is 3.80. The highest BCUT2D eigenvalue weighted by atomic mass is 32.2. The third kappa shape index (κ3) is 3.03. The van der Waals surface area contributed by atoms with Gasteiger partial charge in [-0.1, -0.05) is 6.92 Å². The molecule has 0 amide bonds. The molecule has 0 aromatic heterocycles. The van der Waals surface area contributed by atoms with Gasteiger partial charge in [0.15, 0.2) is 12.1 Å². The van der Waals surface area contributed by atoms with Gasteiger partial charge >= 0.3 is 0 Å². The van der Waals surface area contributed by atoms with Crippen LogP contribution in [0.3, 0.4) is 0 Å². The zero-order valence-electron chi connectivity index (χ0n) is 11.1. The number of hydrogen-bond acceptors (Lipinski definition) is 6. The van der Waals surface area contributed by atoms with E-state index < -0.39 is 27.8 Å². The highest BCUT2D eigenvalue weighted by Gasteiger charge is 2.54. The zero-order chi connectivity index (χ0) is 13.6. The monoisotopic (exact) mass is 280 g/mol. The van der Waals surface area contributed by atoms with E-state index in [2.05, 4.69) is 0 Å². The van der Waals surface area contributed by atoms with Crippen LogP contribution in [-0.2, 0) is 28.5 Å². The van der Waals surface area contributed by atoms with Crippen molar-refractivity contribution in [3.8, 4) is 0 Å². The summed E-state index contributed by atoms with van der Waals surface area (Å²) in [6.45, 7) is 5.59. The Labute approximate surface area is 108 Å². The normalized spacial score (nSPS) is 38.9. The molecule has 6 nitrogen and oxygen atoms in total. The number of ether oxygens (including phenoxy) is 3. The average molecular weight is 280 g/mol. The van der Waals surface area contributed by atoms with Gasteiger partial charge in [-0.3, -0.25) is 4.18 Å². The molecular weight excluding hydrogens is 260 g/mol. The molecule has 7 heteroatoms. The Bertz CT molecular complexity index is 399. The summed E-state index contributed by atoms with van der Waals surface area (Å²) in [6, 6.07) is 0. The van der Waals surface area contributed by atoms with Crippen molar-refractivity contribution in [2.24, 2.45) is 0 Å². The van der Waals surface area contributed by atoms with Gasteiger partial charge < -0.3 is 14.2 Å². The average Bonchev–Trinajstić information content (AvgIpc) is 2.64. The Kier molecular flexibility index (Phi) is 3.48. The lowest BCUT2D eigenvalue weighted by Gasteiger charge is -2.29. The Morgan fingerprint density at radius 3 is 2.44 bits per heavy atom. The summed E-state index contributed by atoms with van der Waals surface area (Å²) in [6.07, 6.45) is 1.64. The molecular formula is C11H20O6S. The fourth-order valence-corrected chi connectivity index (χ4v) is 2.77. The van der Waals surface area contributed by atoms with Gasteiger partial charge in [0.05, 0.1) is 18.5 Å². The molecule has 0 bridgehead atoms. The van der Waals surface area contributed by atoms with Gasteiger partial charge in [-0.2, -0.15) is 8.42 Å². The Morgan fingerprint density at radius 1 is 1.28 bits per heavy atom. The van der Waals surface area contributed by atoms with E-state index in [9.17, 15) is 8.42 Å². The Balaban J connectivity index is 2.01. The summed E-state index contributed by atoms with van der Waals surface area (Å²) in [5.74, 6) is -0.646. The highest BCUT2D eigenvalue weighted by Crippen LogP contribution is 2.43. The van der Waals surface area contributed by atoms with E-state index in [-0.39, 0.29) is 12.7 Å². The summed E-state index contributed by atoms with van der Waals surface area (Å²) < 4.78 is 44.1. The lowest BCUT2D eigenvalue weighted by Crippen LogP contribution is -2.37. The lowest BCUT2D eigenvalue weighted by molar-refractivity contribution is -0.229. The van der Waals surface area contributed by atoms with Crippen molar-refractivity contribution in [1.29, 1.82) is 0 Å². The first-order valence-electron chi connectivity index (χ1n) is 6.03. The van der Waals surface area contributed by atoms with Crippen molar-refractivity contribution in [3.63, 3.8) is 0 Å². The second-order valence-corrected chi connectivity index (χ2v) is 7.01. The van der Waals surface area contributed by atoms with E-state index in [4.69, 9.17) is 18.4 Å². The molecule has 0 radical (unpaired) electrons. The second-order valence-electron chi connectivity index (χ2n) is 5.37. The number of hydrogen-bond donors (Lipinski definition) is 0. The fourth-order valence-electron chi connectivity index (χ4n) is 2.34. The van der Waals surface area contributed by atoms with Gasteiger partial charge in [-0.25, -0.2) is 0 Å². The molecule has 2 heterocycles. The van der Waals surface area contributed by atoms with E-state index in [1.807, 2.05) is 20.8 Å². The molecule has 0 saturated carbocycles. The summed E-state index contributed by atoms with van der Waals surface area (Å²) >= 11 is 0. The van der Waals surface area contributed by atoms with Crippen molar-refractivity contribution in [2.75, 3.05) is 12.9 Å². The molecule has 2 fully saturated rings. The molecule has 0 aromatic carbocycles. The van der Waals surface area contributed by atoms with E-state index in [1.54, 1.807) is 0 Å². The van der Waals surface area contributed by atoms with Gasteiger partial charge in [0, 0.05) is 6.42 Å². The second kappa shape index (κ2) is 4.42. The van der Waals surface area contributed by atoms with Crippen LogP contribution in [0.4, 0.5) is 0 Å². The maximum absolute atomic E-state index is 11.1. The molecule has 0 spiro atoms. The van der Waals surface area contributed by atoms with E-state index in [0.717, 1.165) is 6.26 Å². The van der Waals surface area contributed by atoms with Crippen molar-refractivity contribution in [1.82, 2.24) is 0 Å². The largest absolute Gasteiger partial charge is 0.342 e. The number of rotatable bonds is 4. The third-order valence-electron chi connectivity index (χ3n) is 3.26. The molecule has 0 N–H and O–H groups in total. The Hall–Kier alpha value is -0.210. The molecule has 1 unspecified atom stereocenters. The van der Waals surface area contributed by atoms with Gasteiger partial charge in [0.2, 0.25) is 0 Å². The smallest absolute Gasteiger partial charge is 0.264 e. The Morgan fingerprint density at radius 2 is 1.94 bits per heavy atom. The van der Waals surface area contributed by atoms with Crippen molar-refractivity contribution < 1.29 is 26.8 Å². The quantitative estimate of drug-likeness (QED) is 0.716.